The first-order chi connectivity index (χ1) is 5.52. The molecule has 0 fully saturated rings. The lowest BCUT2D eigenvalue weighted by molar-refractivity contribution is -0.169. The minimum atomic E-state index is -0.643. The molecular weight excluding hydrogens is 158 g/mol. The summed E-state index contributed by atoms with van der Waals surface area (Å²) in [6, 6.07) is 0. The first-order valence-electron chi connectivity index (χ1n) is 3.80. The van der Waals surface area contributed by atoms with Gasteiger partial charge in [-0.1, -0.05) is 13.8 Å². The molecule has 0 unspecified atom stereocenters. The molecule has 0 bridgehead atoms. The second-order valence-electron chi connectivity index (χ2n) is 3.22. The van der Waals surface area contributed by atoms with Crippen molar-refractivity contribution in [3.05, 3.63) is 11.6 Å². The third-order valence-electron chi connectivity index (χ3n) is 1.60. The summed E-state index contributed by atoms with van der Waals surface area (Å²) in [5.41, 5.74) is 0.387. The number of nitrogens with zero attached hydrogens (tertiary/aromatic N) is 1. The summed E-state index contributed by atoms with van der Waals surface area (Å²) in [4.78, 5) is 21.8. The molecule has 1 aliphatic rings. The van der Waals surface area contributed by atoms with Crippen LogP contribution >= 0.6 is 0 Å². The highest BCUT2D eigenvalue weighted by Gasteiger charge is 2.29. The smallest absolute Gasteiger partial charge is 0.278 e. The molecular formula is C8H11NO3. The summed E-state index contributed by atoms with van der Waals surface area (Å²) in [7, 11) is 0. The van der Waals surface area contributed by atoms with Gasteiger partial charge in [-0.3, -0.25) is 14.8 Å². The van der Waals surface area contributed by atoms with Gasteiger partial charge in [-0.15, -0.1) is 5.06 Å². The Morgan fingerprint density at radius 1 is 1.50 bits per heavy atom. The van der Waals surface area contributed by atoms with Gasteiger partial charge in [-0.2, -0.15) is 0 Å². The van der Waals surface area contributed by atoms with E-state index < -0.39 is 11.8 Å². The second-order valence-corrected chi connectivity index (χ2v) is 3.22. The highest BCUT2D eigenvalue weighted by atomic mass is 16.5. The van der Waals surface area contributed by atoms with E-state index in [2.05, 4.69) is 0 Å². The minimum absolute atomic E-state index is 0.151. The van der Waals surface area contributed by atoms with E-state index in [1.165, 1.54) is 6.08 Å². The lowest BCUT2D eigenvalue weighted by atomic mass is 10.0. The van der Waals surface area contributed by atoms with Crippen LogP contribution in [-0.2, 0) is 9.59 Å². The largest absolute Gasteiger partial charge is 0.280 e. The number of rotatable bonds is 2. The Morgan fingerprint density at radius 3 is 2.42 bits per heavy atom. The summed E-state index contributed by atoms with van der Waals surface area (Å²) in [6.07, 6.45) is 1.71. The molecule has 4 heteroatoms. The second kappa shape index (κ2) is 3.06. The summed E-state index contributed by atoms with van der Waals surface area (Å²) in [5, 5.41) is 8.98. The zero-order valence-electron chi connectivity index (χ0n) is 7.07. The Morgan fingerprint density at radius 2 is 2.08 bits per heavy atom. The SMILES string of the molecule is CC(C)CC1=CC(=O)N(O)C1=O. The molecule has 2 amide bonds. The summed E-state index contributed by atoms with van der Waals surface area (Å²) < 4.78 is 0. The van der Waals surface area contributed by atoms with Crippen LogP contribution < -0.4 is 0 Å². The van der Waals surface area contributed by atoms with Crippen LogP contribution in [0.1, 0.15) is 20.3 Å². The quantitative estimate of drug-likeness (QED) is 0.489. The predicted molar refractivity (Wildman–Crippen MR) is 41.2 cm³/mol. The molecule has 1 rings (SSSR count). The highest BCUT2D eigenvalue weighted by molar-refractivity contribution is 6.15. The number of hydrogen-bond donors (Lipinski definition) is 1. The van der Waals surface area contributed by atoms with Crippen LogP contribution in [0.25, 0.3) is 0 Å². The minimum Gasteiger partial charge on any atom is -0.278 e. The van der Waals surface area contributed by atoms with E-state index in [0.29, 0.717) is 17.9 Å². The van der Waals surface area contributed by atoms with E-state index in [1.54, 1.807) is 0 Å². The van der Waals surface area contributed by atoms with Gasteiger partial charge >= 0.3 is 0 Å². The van der Waals surface area contributed by atoms with Crippen molar-refractivity contribution in [3.63, 3.8) is 0 Å². The fourth-order valence-corrected chi connectivity index (χ4v) is 1.09. The molecule has 1 aliphatic heterocycles. The zero-order chi connectivity index (χ0) is 9.30. The van der Waals surface area contributed by atoms with E-state index in [-0.39, 0.29) is 5.06 Å². The molecule has 1 N–H and O–H groups in total. The first kappa shape index (κ1) is 8.93. The molecule has 0 radical (unpaired) electrons. The van der Waals surface area contributed by atoms with Gasteiger partial charge in [-0.05, 0) is 12.3 Å². The molecule has 0 aliphatic carbocycles. The third-order valence-corrected chi connectivity index (χ3v) is 1.60. The van der Waals surface area contributed by atoms with Gasteiger partial charge in [0.25, 0.3) is 11.8 Å². The monoisotopic (exact) mass is 169 g/mol. The van der Waals surface area contributed by atoms with E-state index >= 15 is 0 Å². The molecule has 0 aromatic rings. The van der Waals surface area contributed by atoms with E-state index in [0.717, 1.165) is 0 Å². The van der Waals surface area contributed by atoms with Gasteiger partial charge in [0.1, 0.15) is 0 Å². The maximum atomic E-state index is 11.0. The van der Waals surface area contributed by atoms with Crippen molar-refractivity contribution in [3.8, 4) is 0 Å². The molecule has 12 heavy (non-hydrogen) atoms. The maximum Gasteiger partial charge on any atom is 0.280 e. The van der Waals surface area contributed by atoms with Crippen LogP contribution in [0.3, 0.4) is 0 Å². The van der Waals surface area contributed by atoms with Gasteiger partial charge in [0.15, 0.2) is 0 Å². The molecule has 0 saturated heterocycles. The molecule has 0 spiro atoms. The lowest BCUT2D eigenvalue weighted by Gasteiger charge is -2.06. The molecule has 0 saturated carbocycles. The normalized spacial score (nSPS) is 17.7. The van der Waals surface area contributed by atoms with Crippen LogP contribution in [0.15, 0.2) is 11.6 Å². The summed E-state index contributed by atoms with van der Waals surface area (Å²) in [6.45, 7) is 3.89. The van der Waals surface area contributed by atoms with Crippen molar-refractivity contribution >= 4 is 11.8 Å². The molecule has 0 atom stereocenters. The van der Waals surface area contributed by atoms with Crippen LogP contribution in [0, 0.1) is 5.92 Å². The van der Waals surface area contributed by atoms with Gasteiger partial charge in [0.2, 0.25) is 0 Å². The average Bonchev–Trinajstić information content (AvgIpc) is 2.17. The number of amides is 2. The molecule has 0 aromatic heterocycles. The fraction of sp³-hybridized carbons (Fsp3) is 0.500. The topological polar surface area (TPSA) is 57.6 Å². The van der Waals surface area contributed by atoms with Crippen LogP contribution in [0.4, 0.5) is 0 Å². The van der Waals surface area contributed by atoms with Crippen LogP contribution in [0.2, 0.25) is 0 Å². The highest BCUT2D eigenvalue weighted by Crippen LogP contribution is 2.18. The van der Waals surface area contributed by atoms with Crippen molar-refractivity contribution in [2.24, 2.45) is 5.92 Å². The third kappa shape index (κ3) is 1.53. The number of carbonyl (C=O) groups is 2. The van der Waals surface area contributed by atoms with Crippen molar-refractivity contribution < 1.29 is 14.8 Å². The standard InChI is InChI=1S/C8H11NO3/c1-5(2)3-6-4-7(10)9(12)8(6)11/h4-5,12H,3H2,1-2H3. The van der Waals surface area contributed by atoms with Gasteiger partial charge in [0, 0.05) is 11.6 Å². The number of hydrogen-bond acceptors (Lipinski definition) is 3. The van der Waals surface area contributed by atoms with Crippen molar-refractivity contribution in [1.82, 2.24) is 5.06 Å². The van der Waals surface area contributed by atoms with E-state index in [9.17, 15) is 9.59 Å². The predicted octanol–water partition coefficient (Wildman–Crippen LogP) is 0.717. The Labute approximate surface area is 70.4 Å². The molecule has 0 aromatic carbocycles. The van der Waals surface area contributed by atoms with Gasteiger partial charge in [-0.25, -0.2) is 0 Å². The van der Waals surface area contributed by atoms with E-state index in [4.69, 9.17) is 5.21 Å². The van der Waals surface area contributed by atoms with Crippen LogP contribution in [0.5, 0.6) is 0 Å². The molecule has 1 heterocycles. The Hall–Kier alpha value is -1.16. The molecule has 66 valence electrons. The molecule has 4 nitrogen and oxygen atoms in total. The Kier molecular flexibility index (Phi) is 2.28. The van der Waals surface area contributed by atoms with E-state index in [1.807, 2.05) is 13.8 Å². The maximum absolute atomic E-state index is 11.0. The fourth-order valence-electron chi connectivity index (χ4n) is 1.09. The lowest BCUT2D eigenvalue weighted by Crippen LogP contribution is -2.27. The van der Waals surface area contributed by atoms with Crippen molar-refractivity contribution in [2.45, 2.75) is 20.3 Å². The van der Waals surface area contributed by atoms with Crippen molar-refractivity contribution in [2.75, 3.05) is 0 Å². The Balaban J connectivity index is 2.74. The van der Waals surface area contributed by atoms with Gasteiger partial charge in [0.05, 0.1) is 0 Å². The van der Waals surface area contributed by atoms with Crippen LogP contribution in [-0.4, -0.2) is 22.1 Å². The van der Waals surface area contributed by atoms with Crippen molar-refractivity contribution in [1.29, 1.82) is 0 Å². The summed E-state index contributed by atoms with van der Waals surface area (Å²) in [5.74, 6) is -0.927. The zero-order valence-corrected chi connectivity index (χ0v) is 7.07. The number of carbonyl (C=O) groups excluding carboxylic acids is 2. The number of imide groups is 1. The first-order valence-corrected chi connectivity index (χ1v) is 3.80. The average molecular weight is 169 g/mol. The summed E-state index contributed by atoms with van der Waals surface area (Å²) >= 11 is 0. The Bertz CT molecular complexity index is 255. The number of hydroxylamine groups is 2. The van der Waals surface area contributed by atoms with Gasteiger partial charge < -0.3 is 0 Å².